The predicted octanol–water partition coefficient (Wildman–Crippen LogP) is 9.67. The van der Waals surface area contributed by atoms with E-state index in [1.807, 2.05) is 13.8 Å². The third-order valence-corrected chi connectivity index (χ3v) is 13.6. The van der Waals surface area contributed by atoms with Gasteiger partial charge in [0.05, 0.1) is 49.4 Å². The first-order valence-corrected chi connectivity index (χ1v) is 26.8. The van der Waals surface area contributed by atoms with Crippen LogP contribution in [0, 0.1) is 23.7 Å². The molecule has 3 nitrogen and oxygen atoms in total. The summed E-state index contributed by atoms with van der Waals surface area (Å²) in [7, 11) is -1.25. The zero-order chi connectivity index (χ0) is 38.9. The maximum Gasteiger partial charge on any atom is -0.282 e. The molecule has 0 saturated heterocycles. The number of halogens is 1. The van der Waals surface area contributed by atoms with Gasteiger partial charge in [-0.3, -0.25) is 20.4 Å². The molecule has 7 heteroatoms. The number of benzene rings is 4. The zero-order valence-corrected chi connectivity index (χ0v) is 37.0. The van der Waals surface area contributed by atoms with Gasteiger partial charge in [-0.1, -0.05) is 85.6 Å². The Labute approximate surface area is 335 Å². The van der Waals surface area contributed by atoms with Gasteiger partial charge >= 0.3 is 30.6 Å². The largest absolute Gasteiger partial charge is 0.545 e. The predicted molar refractivity (Wildman–Crippen MR) is 233 cm³/mol. The number of rotatable bonds is 16. The molecule has 0 aliphatic rings. The smallest absolute Gasteiger partial charge is 0.282 e. The molecule has 0 spiro atoms. The SMILES string of the molecule is CC#CCCCCCC[PH+](c1ccccc1)c1ccccc1.CC#CCCCCCC[PH+](c1ccccc1)c1ccccc1.[Br][Re].[CH-]=O.[CH-]=O.[CH-]=O. The summed E-state index contributed by atoms with van der Waals surface area (Å²) < 4.78 is 0. The van der Waals surface area contributed by atoms with E-state index in [-0.39, 0.29) is 0 Å². The van der Waals surface area contributed by atoms with E-state index < -0.39 is 15.8 Å². The first-order valence-electron chi connectivity index (χ1n) is 17.4. The molecule has 0 aliphatic heterocycles. The van der Waals surface area contributed by atoms with E-state index in [0.29, 0.717) is 0 Å². The Morgan fingerprint density at radius 3 is 0.885 bits per heavy atom. The minimum atomic E-state index is -0.625. The van der Waals surface area contributed by atoms with Crippen molar-refractivity contribution in [3.8, 4) is 23.7 Å². The second kappa shape index (κ2) is 40.8. The zero-order valence-electron chi connectivity index (χ0n) is 30.7. The average Bonchev–Trinajstić information content (AvgIpc) is 3.24. The summed E-state index contributed by atoms with van der Waals surface area (Å²) in [6, 6.07) is 44.3. The fraction of sp³-hybridized carbons (Fsp3) is 0.311. The molecule has 278 valence electrons. The van der Waals surface area contributed by atoms with Gasteiger partial charge < -0.3 is 14.4 Å². The van der Waals surface area contributed by atoms with Crippen molar-refractivity contribution in [2.75, 3.05) is 12.3 Å². The van der Waals surface area contributed by atoms with Gasteiger partial charge in [0.25, 0.3) is 0 Å². The van der Waals surface area contributed by atoms with E-state index in [0.717, 1.165) is 12.8 Å². The Balaban J connectivity index is 0. The molecule has 4 aromatic carbocycles. The average molecular weight is 972 g/mol. The van der Waals surface area contributed by atoms with Gasteiger partial charge in [-0.2, -0.15) is 0 Å². The van der Waals surface area contributed by atoms with Crippen molar-refractivity contribution in [2.45, 2.75) is 78.1 Å². The molecule has 4 aromatic rings. The Morgan fingerprint density at radius 1 is 0.423 bits per heavy atom. The molecule has 0 bridgehead atoms. The van der Waals surface area contributed by atoms with Gasteiger partial charge in [0, 0.05) is 12.8 Å². The third-order valence-electron chi connectivity index (χ3n) is 7.80. The summed E-state index contributed by atoms with van der Waals surface area (Å²) >= 11 is 4.53. The van der Waals surface area contributed by atoms with E-state index in [1.54, 1.807) is 0 Å². The fourth-order valence-corrected chi connectivity index (χ4v) is 10.9. The van der Waals surface area contributed by atoms with Crippen molar-refractivity contribution in [1.29, 1.82) is 0 Å². The molecule has 0 atom stereocenters. The molecule has 0 unspecified atom stereocenters. The molecule has 0 amide bonds. The molecule has 0 radical (unpaired) electrons. The van der Waals surface area contributed by atoms with Crippen molar-refractivity contribution < 1.29 is 31.6 Å². The second-order valence-electron chi connectivity index (χ2n) is 11.1. The van der Waals surface area contributed by atoms with Gasteiger partial charge in [-0.25, -0.2) is 0 Å². The standard InChI is InChI=1S/2C21H25P.3CHO.BrH.Re/c2*1-2-3-4-5-6-7-14-19-22(20-15-10-8-11-16-20)21-17-12-9-13-18-21;3*1-2;;/h2*8-13,15-18H,4-7,14,19H2,1H3;3*1H;1H;/q;;3*-1;;+1/p+1. The Hall–Kier alpha value is -2.99. The summed E-state index contributed by atoms with van der Waals surface area (Å²) in [5.74, 6) is 12.3. The molecular formula is C45H55BrO3P2Re-. The topological polar surface area (TPSA) is 51.2 Å². The molecular weight excluding hydrogens is 917 g/mol. The van der Waals surface area contributed by atoms with Crippen molar-refractivity contribution in [2.24, 2.45) is 0 Å². The van der Waals surface area contributed by atoms with Crippen LogP contribution in [0.15, 0.2) is 121 Å². The Kier molecular flexibility index (Phi) is 40.1. The summed E-state index contributed by atoms with van der Waals surface area (Å²) in [5, 5.41) is 6.15. The van der Waals surface area contributed by atoms with Crippen LogP contribution in [-0.4, -0.2) is 32.7 Å². The number of unbranched alkanes of at least 4 members (excludes halogenated alkanes) is 8. The van der Waals surface area contributed by atoms with Crippen molar-refractivity contribution in [3.63, 3.8) is 0 Å². The van der Waals surface area contributed by atoms with Gasteiger partial charge in [-0.15, -0.1) is 23.7 Å². The van der Waals surface area contributed by atoms with Crippen LogP contribution in [0.3, 0.4) is 0 Å². The van der Waals surface area contributed by atoms with Crippen molar-refractivity contribution in [3.05, 3.63) is 121 Å². The van der Waals surface area contributed by atoms with E-state index >= 15 is 0 Å². The fourth-order valence-electron chi connectivity index (χ4n) is 5.46. The van der Waals surface area contributed by atoms with Crippen LogP contribution in [0.2, 0.25) is 0 Å². The van der Waals surface area contributed by atoms with Crippen LogP contribution in [0.4, 0.5) is 0 Å². The summed E-state index contributed by atoms with van der Waals surface area (Å²) in [5.41, 5.74) is 0. The van der Waals surface area contributed by atoms with Crippen LogP contribution in [0.5, 0.6) is 0 Å². The molecule has 0 aromatic heterocycles. The molecule has 0 fully saturated rings. The number of hydrogen-bond donors (Lipinski definition) is 0. The number of carbonyl (C=O) groups excluding carboxylic acids is 3. The van der Waals surface area contributed by atoms with Gasteiger partial charge in [0.15, 0.2) is 0 Å². The first kappa shape index (κ1) is 51.1. The Bertz CT molecular complexity index is 1260. The van der Waals surface area contributed by atoms with Gasteiger partial charge in [0.2, 0.25) is 0 Å². The maximum absolute atomic E-state index is 7.75. The molecule has 0 saturated carbocycles. The van der Waals surface area contributed by atoms with Gasteiger partial charge in [0.1, 0.15) is 0 Å². The van der Waals surface area contributed by atoms with Gasteiger partial charge in [-0.05, 0) is 101 Å². The molecule has 0 aliphatic carbocycles. The molecule has 0 N–H and O–H groups in total. The van der Waals surface area contributed by atoms with E-state index in [4.69, 9.17) is 14.4 Å². The normalized spacial score (nSPS) is 9.04. The first-order chi connectivity index (χ1) is 25.8. The molecule has 0 heterocycles. The molecule has 4 rings (SSSR count). The van der Waals surface area contributed by atoms with Crippen molar-refractivity contribution >= 4 is 70.9 Å². The summed E-state index contributed by atoms with van der Waals surface area (Å²) in [4.78, 5) is 23.2. The Morgan fingerprint density at radius 2 is 0.654 bits per heavy atom. The van der Waals surface area contributed by atoms with Crippen LogP contribution in [0.25, 0.3) is 0 Å². The monoisotopic (exact) mass is 971 g/mol. The quantitative estimate of drug-likeness (QED) is 0.0370. The van der Waals surface area contributed by atoms with Crippen LogP contribution >= 0.6 is 29.3 Å². The molecule has 52 heavy (non-hydrogen) atoms. The maximum atomic E-state index is 7.75. The van der Waals surface area contributed by atoms with Crippen molar-refractivity contribution in [1.82, 2.24) is 0 Å². The van der Waals surface area contributed by atoms with E-state index in [9.17, 15) is 0 Å². The second-order valence-corrected chi connectivity index (χ2v) is 16.3. The summed E-state index contributed by atoms with van der Waals surface area (Å²) in [6.45, 7) is 13.6. The van der Waals surface area contributed by atoms with E-state index in [2.05, 4.69) is 179 Å². The summed E-state index contributed by atoms with van der Waals surface area (Å²) in [6.07, 6.45) is 15.2. The van der Waals surface area contributed by atoms with Crippen LogP contribution in [0.1, 0.15) is 78.1 Å². The minimum absolute atomic E-state index is 0.625. The minimum Gasteiger partial charge on any atom is -0.545 e. The third kappa shape index (κ3) is 25.1. The van der Waals surface area contributed by atoms with Crippen LogP contribution in [-0.2, 0) is 31.6 Å². The van der Waals surface area contributed by atoms with Crippen LogP contribution < -0.4 is 21.2 Å². The van der Waals surface area contributed by atoms with E-state index in [1.165, 1.54) is 102 Å². The number of hydrogen-bond acceptors (Lipinski definition) is 3.